The van der Waals surface area contributed by atoms with Crippen LogP contribution in [0.3, 0.4) is 0 Å². The van der Waals surface area contributed by atoms with Crippen molar-refractivity contribution in [3.63, 3.8) is 0 Å². The van der Waals surface area contributed by atoms with Gasteiger partial charge in [0.25, 0.3) is 0 Å². The summed E-state index contributed by atoms with van der Waals surface area (Å²) in [6.45, 7) is 4.67. The fourth-order valence-electron chi connectivity index (χ4n) is 8.89. The van der Waals surface area contributed by atoms with E-state index in [4.69, 9.17) is 14.4 Å². The highest BCUT2D eigenvalue weighted by Crippen LogP contribution is 2.52. The lowest BCUT2D eigenvalue weighted by Gasteiger charge is -2.24. The number of fused-ring (bicyclic) bond motifs is 7. The van der Waals surface area contributed by atoms with Gasteiger partial charge in [0.05, 0.1) is 11.4 Å². The maximum Gasteiger partial charge on any atom is 0.160 e. The zero-order valence-electron chi connectivity index (χ0n) is 31.1. The molecule has 0 unspecified atom stereocenters. The number of aromatic nitrogens is 2. The molecule has 0 spiro atoms. The van der Waals surface area contributed by atoms with E-state index in [1.165, 1.54) is 33.0 Å². The van der Waals surface area contributed by atoms with E-state index in [1.807, 2.05) is 18.2 Å². The molecule has 0 N–H and O–H groups in total. The first-order valence-corrected chi connectivity index (χ1v) is 19.2. The Kier molecular flexibility index (Phi) is 7.20. The van der Waals surface area contributed by atoms with E-state index in [1.54, 1.807) is 0 Å². The molecule has 3 heteroatoms. The highest BCUT2D eigenvalue weighted by molar-refractivity contribution is 6.06. The maximum atomic E-state index is 6.23. The van der Waals surface area contributed by atoms with Crippen LogP contribution in [0.2, 0.25) is 0 Å². The second-order valence-electron chi connectivity index (χ2n) is 15.4. The van der Waals surface area contributed by atoms with Gasteiger partial charge >= 0.3 is 0 Å². The Balaban J connectivity index is 1.15. The van der Waals surface area contributed by atoms with Crippen molar-refractivity contribution in [3.8, 4) is 67.3 Å². The van der Waals surface area contributed by atoms with E-state index in [9.17, 15) is 0 Å². The van der Waals surface area contributed by atoms with Crippen LogP contribution in [-0.2, 0) is 5.41 Å². The van der Waals surface area contributed by atoms with Crippen LogP contribution >= 0.6 is 0 Å². The Labute approximate surface area is 325 Å². The van der Waals surface area contributed by atoms with E-state index < -0.39 is 0 Å². The molecule has 0 atom stereocenters. The van der Waals surface area contributed by atoms with E-state index in [0.29, 0.717) is 5.82 Å². The number of hydrogen-bond donors (Lipinski definition) is 0. The van der Waals surface area contributed by atoms with Crippen LogP contribution in [0.1, 0.15) is 25.0 Å². The third kappa shape index (κ3) is 5.20. The van der Waals surface area contributed by atoms with Gasteiger partial charge in [0, 0.05) is 32.9 Å². The number of benzene rings is 8. The minimum atomic E-state index is -0.195. The standard InChI is InChI=1S/C53H36N2O/c1-53(2)46-21-10-8-17-41(46)43-19-12-20-44(51(43)53)48-32-47(54-52(55-48)34-14-4-3-5-15-34)40-29-38(36-24-23-33-13-6-7-16-35(33)27-36)28-39(30-40)37-25-26-50-45(31-37)42-18-9-11-22-49(42)56-50/h3-32H,1-2H3. The number of rotatable bonds is 5. The lowest BCUT2D eigenvalue weighted by atomic mass is 9.79. The SMILES string of the molecule is CC1(C)c2ccccc2-c2cccc(-c3cc(-c4cc(-c5ccc6ccccc6c5)cc(-c5ccc6oc7ccccc7c6c5)c4)nc(-c4ccccc4)n3)c21. The summed E-state index contributed by atoms with van der Waals surface area (Å²) in [5.74, 6) is 0.702. The van der Waals surface area contributed by atoms with Crippen LogP contribution in [-0.4, -0.2) is 9.97 Å². The molecule has 0 fully saturated rings. The number of hydrogen-bond acceptors (Lipinski definition) is 3. The van der Waals surface area contributed by atoms with E-state index in [0.717, 1.165) is 72.3 Å². The van der Waals surface area contributed by atoms with Crippen molar-refractivity contribution in [1.82, 2.24) is 9.97 Å². The minimum absolute atomic E-state index is 0.195. The Morgan fingerprint density at radius 2 is 1.04 bits per heavy atom. The average molecular weight is 717 g/mol. The first kappa shape index (κ1) is 32.3. The summed E-state index contributed by atoms with van der Waals surface area (Å²) in [7, 11) is 0. The largest absolute Gasteiger partial charge is 0.456 e. The number of para-hydroxylation sites is 1. The maximum absolute atomic E-state index is 6.23. The summed E-state index contributed by atoms with van der Waals surface area (Å²) in [5, 5.41) is 4.65. The second-order valence-corrected chi connectivity index (χ2v) is 15.4. The van der Waals surface area contributed by atoms with E-state index in [2.05, 4.69) is 178 Å². The Morgan fingerprint density at radius 1 is 0.393 bits per heavy atom. The van der Waals surface area contributed by atoms with Gasteiger partial charge in [-0.2, -0.15) is 0 Å². The summed E-state index contributed by atoms with van der Waals surface area (Å²) in [6.07, 6.45) is 0. The molecule has 2 heterocycles. The molecular weight excluding hydrogens is 681 g/mol. The highest BCUT2D eigenvalue weighted by atomic mass is 16.3. The zero-order valence-corrected chi connectivity index (χ0v) is 31.1. The lowest BCUT2D eigenvalue weighted by Crippen LogP contribution is -2.16. The normalized spacial score (nSPS) is 13.0. The molecule has 0 bridgehead atoms. The third-order valence-corrected chi connectivity index (χ3v) is 11.6. The topological polar surface area (TPSA) is 38.9 Å². The van der Waals surface area contributed by atoms with Gasteiger partial charge in [-0.25, -0.2) is 9.97 Å². The molecular formula is C53H36N2O. The molecule has 0 amide bonds. The summed E-state index contributed by atoms with van der Waals surface area (Å²) >= 11 is 0. The molecule has 264 valence electrons. The smallest absolute Gasteiger partial charge is 0.160 e. The number of nitrogens with zero attached hydrogens (tertiary/aromatic N) is 2. The van der Waals surface area contributed by atoms with Crippen molar-refractivity contribution in [1.29, 1.82) is 0 Å². The molecule has 0 aliphatic heterocycles. The van der Waals surface area contributed by atoms with Gasteiger partial charge in [-0.05, 0) is 104 Å². The molecule has 2 aromatic heterocycles. The molecule has 0 saturated heterocycles. The molecule has 1 aliphatic carbocycles. The fraction of sp³-hybridized carbons (Fsp3) is 0.0566. The van der Waals surface area contributed by atoms with Crippen LogP contribution in [0, 0.1) is 0 Å². The molecule has 11 rings (SSSR count). The molecule has 1 aliphatic rings. The molecule has 10 aromatic rings. The van der Waals surface area contributed by atoms with Crippen molar-refractivity contribution in [2.75, 3.05) is 0 Å². The van der Waals surface area contributed by atoms with Crippen LogP contribution in [0.5, 0.6) is 0 Å². The highest BCUT2D eigenvalue weighted by Gasteiger charge is 2.37. The quantitative estimate of drug-likeness (QED) is 0.178. The predicted molar refractivity (Wildman–Crippen MR) is 232 cm³/mol. The van der Waals surface area contributed by atoms with Crippen molar-refractivity contribution >= 4 is 32.7 Å². The minimum Gasteiger partial charge on any atom is -0.456 e. The predicted octanol–water partition coefficient (Wildman–Crippen LogP) is 14.2. The van der Waals surface area contributed by atoms with Crippen LogP contribution in [0.15, 0.2) is 186 Å². The summed E-state index contributed by atoms with van der Waals surface area (Å²) in [5.41, 5.74) is 16.2. The summed E-state index contributed by atoms with van der Waals surface area (Å²) < 4.78 is 6.23. The van der Waals surface area contributed by atoms with Gasteiger partial charge in [-0.1, -0.05) is 147 Å². The Bertz CT molecular complexity index is 3170. The first-order chi connectivity index (χ1) is 27.5. The zero-order chi connectivity index (χ0) is 37.4. The van der Waals surface area contributed by atoms with Crippen molar-refractivity contribution in [3.05, 3.63) is 193 Å². The van der Waals surface area contributed by atoms with Crippen molar-refractivity contribution in [2.24, 2.45) is 0 Å². The number of furan rings is 1. The van der Waals surface area contributed by atoms with E-state index in [-0.39, 0.29) is 5.41 Å². The summed E-state index contributed by atoms with van der Waals surface area (Å²) in [4.78, 5) is 10.7. The van der Waals surface area contributed by atoms with Crippen LogP contribution in [0.25, 0.3) is 100.0 Å². The molecule has 8 aromatic carbocycles. The third-order valence-electron chi connectivity index (χ3n) is 11.6. The molecule has 3 nitrogen and oxygen atoms in total. The van der Waals surface area contributed by atoms with Gasteiger partial charge in [-0.3, -0.25) is 0 Å². The fourth-order valence-corrected chi connectivity index (χ4v) is 8.89. The van der Waals surface area contributed by atoms with Crippen LogP contribution in [0.4, 0.5) is 0 Å². The van der Waals surface area contributed by atoms with Crippen molar-refractivity contribution < 1.29 is 4.42 Å². The van der Waals surface area contributed by atoms with Gasteiger partial charge < -0.3 is 4.42 Å². The average Bonchev–Trinajstić information content (AvgIpc) is 3.75. The van der Waals surface area contributed by atoms with Gasteiger partial charge in [0.1, 0.15) is 11.2 Å². The van der Waals surface area contributed by atoms with Gasteiger partial charge in [0.15, 0.2) is 5.82 Å². The van der Waals surface area contributed by atoms with Gasteiger partial charge in [-0.15, -0.1) is 0 Å². The van der Waals surface area contributed by atoms with Crippen molar-refractivity contribution in [2.45, 2.75) is 19.3 Å². The Hall–Kier alpha value is -7.10. The molecule has 56 heavy (non-hydrogen) atoms. The Morgan fingerprint density at radius 3 is 1.91 bits per heavy atom. The summed E-state index contributed by atoms with van der Waals surface area (Å²) in [6, 6.07) is 64.9. The lowest BCUT2D eigenvalue weighted by molar-refractivity contribution is 0.662. The second kappa shape index (κ2) is 12.5. The van der Waals surface area contributed by atoms with Gasteiger partial charge in [0.2, 0.25) is 0 Å². The molecule has 0 radical (unpaired) electrons. The molecule has 0 saturated carbocycles. The monoisotopic (exact) mass is 716 g/mol. The van der Waals surface area contributed by atoms with E-state index >= 15 is 0 Å². The van der Waals surface area contributed by atoms with Crippen LogP contribution < -0.4 is 0 Å². The first-order valence-electron chi connectivity index (χ1n) is 19.2.